The molecule has 3 nitrogen and oxygen atoms in total. The van der Waals surface area contributed by atoms with Crippen LogP contribution in [-0.4, -0.2) is 10.9 Å². The van der Waals surface area contributed by atoms with Gasteiger partial charge in [0.25, 0.3) is 0 Å². The zero-order valence-corrected chi connectivity index (χ0v) is 13.7. The first-order chi connectivity index (χ1) is 12.2. The summed E-state index contributed by atoms with van der Waals surface area (Å²) < 4.78 is 26.6. The molecule has 0 amide bonds. The monoisotopic (exact) mass is 342 g/mol. The van der Waals surface area contributed by atoms with E-state index in [1.807, 2.05) is 0 Å². The maximum atomic E-state index is 13.3. The van der Waals surface area contributed by atoms with Crippen molar-refractivity contribution in [2.75, 3.05) is 0 Å². The van der Waals surface area contributed by atoms with E-state index in [1.165, 1.54) is 24.3 Å². The van der Waals surface area contributed by atoms with Crippen molar-refractivity contribution in [1.29, 1.82) is 0 Å². The molecule has 4 rings (SSSR count). The molecule has 1 aliphatic carbocycles. The lowest BCUT2D eigenvalue weighted by Crippen LogP contribution is -2.50. The Bertz CT molecular complexity index is 712. The molecule has 0 radical (unpaired) electrons. The van der Waals surface area contributed by atoms with E-state index in [9.17, 15) is 14.0 Å². The largest absolute Gasteiger partial charge is 0.411 e. The van der Waals surface area contributed by atoms with Gasteiger partial charge in [0, 0.05) is 23.9 Å². The van der Waals surface area contributed by atoms with Gasteiger partial charge in [-0.1, -0.05) is 35.8 Å². The van der Waals surface area contributed by atoms with Crippen LogP contribution in [0.3, 0.4) is 0 Å². The van der Waals surface area contributed by atoms with Crippen molar-refractivity contribution in [3.05, 3.63) is 71.3 Å². The summed E-state index contributed by atoms with van der Waals surface area (Å²) in [5.41, 5.74) is 2.74. The Hall–Kier alpha value is -2.27. The molecule has 0 spiro atoms. The lowest BCUT2D eigenvalue weighted by molar-refractivity contribution is 0.214. The molecule has 5 heteroatoms. The smallest absolute Gasteiger partial charge is 0.123 e. The van der Waals surface area contributed by atoms with Crippen LogP contribution in [0.4, 0.5) is 8.78 Å². The SMILES string of the molecule is ON=C1[C@H]2CCC[C@@H]1C(c1ccc(F)cc1)NC2c1ccc(F)cc1. The fraction of sp³-hybridized carbons (Fsp3) is 0.350. The Kier molecular flexibility index (Phi) is 4.25. The van der Waals surface area contributed by atoms with E-state index in [1.54, 1.807) is 24.3 Å². The van der Waals surface area contributed by atoms with Gasteiger partial charge in [-0.05, 0) is 48.2 Å². The summed E-state index contributed by atoms with van der Waals surface area (Å²) in [5.74, 6) is -0.365. The topological polar surface area (TPSA) is 44.6 Å². The van der Waals surface area contributed by atoms with Crippen LogP contribution in [0.2, 0.25) is 0 Å². The number of halogens is 2. The lowest BCUT2D eigenvalue weighted by atomic mass is 9.67. The summed E-state index contributed by atoms with van der Waals surface area (Å²) in [5, 5.41) is 17.0. The van der Waals surface area contributed by atoms with Crippen molar-refractivity contribution >= 4 is 5.71 Å². The maximum Gasteiger partial charge on any atom is 0.123 e. The van der Waals surface area contributed by atoms with Crippen LogP contribution in [0, 0.1) is 23.5 Å². The van der Waals surface area contributed by atoms with Crippen molar-refractivity contribution in [2.45, 2.75) is 31.3 Å². The number of benzene rings is 2. The van der Waals surface area contributed by atoms with Crippen molar-refractivity contribution < 1.29 is 14.0 Å². The summed E-state index contributed by atoms with van der Waals surface area (Å²) in [6.07, 6.45) is 2.91. The Morgan fingerprint density at radius 3 is 1.64 bits per heavy atom. The molecule has 2 aliphatic rings. The van der Waals surface area contributed by atoms with Gasteiger partial charge in [-0.25, -0.2) is 8.78 Å². The van der Waals surface area contributed by atoms with Gasteiger partial charge in [0.1, 0.15) is 11.6 Å². The van der Waals surface area contributed by atoms with Gasteiger partial charge < -0.3 is 10.5 Å². The highest BCUT2D eigenvalue weighted by Gasteiger charge is 2.45. The minimum absolute atomic E-state index is 0.0573. The van der Waals surface area contributed by atoms with Gasteiger partial charge in [0.05, 0.1) is 5.71 Å². The molecule has 2 bridgehead atoms. The Balaban J connectivity index is 1.74. The maximum absolute atomic E-state index is 13.3. The normalized spacial score (nSPS) is 30.4. The van der Waals surface area contributed by atoms with Crippen LogP contribution in [0.1, 0.15) is 42.5 Å². The predicted molar refractivity (Wildman–Crippen MR) is 91.5 cm³/mol. The van der Waals surface area contributed by atoms with Gasteiger partial charge in [0.2, 0.25) is 0 Å². The minimum atomic E-state index is -0.271. The molecule has 1 aliphatic heterocycles. The van der Waals surface area contributed by atoms with E-state index in [0.717, 1.165) is 36.1 Å². The van der Waals surface area contributed by atoms with Crippen molar-refractivity contribution in [1.82, 2.24) is 5.32 Å². The molecule has 4 atom stereocenters. The molecular formula is C20H20F2N2O. The van der Waals surface area contributed by atoms with E-state index in [0.29, 0.717) is 0 Å². The van der Waals surface area contributed by atoms with Gasteiger partial charge in [-0.15, -0.1) is 0 Å². The standard InChI is InChI=1S/C20H20F2N2O/c21-14-8-4-12(5-9-14)18-16-2-1-3-17(20(16)24-25)19(23-18)13-6-10-15(22)11-7-13/h4-11,16-19,23,25H,1-3H2/t16-,17+,18?,19?. The summed E-state index contributed by atoms with van der Waals surface area (Å²) >= 11 is 0. The van der Waals surface area contributed by atoms with E-state index in [4.69, 9.17) is 0 Å². The Morgan fingerprint density at radius 2 is 1.24 bits per heavy atom. The first-order valence-corrected chi connectivity index (χ1v) is 8.66. The molecular weight excluding hydrogens is 322 g/mol. The quantitative estimate of drug-likeness (QED) is 0.619. The molecule has 130 valence electrons. The number of hydrogen-bond donors (Lipinski definition) is 2. The number of nitrogens with one attached hydrogen (secondary N) is 1. The summed E-state index contributed by atoms with van der Waals surface area (Å²) in [4.78, 5) is 0. The predicted octanol–water partition coefficient (Wildman–Crippen LogP) is 4.60. The minimum Gasteiger partial charge on any atom is -0.411 e. The number of piperidine rings is 1. The van der Waals surface area contributed by atoms with Crippen LogP contribution in [0.15, 0.2) is 53.7 Å². The fourth-order valence-electron chi connectivity index (χ4n) is 4.37. The van der Waals surface area contributed by atoms with Crippen LogP contribution < -0.4 is 5.32 Å². The Morgan fingerprint density at radius 1 is 0.800 bits per heavy atom. The second kappa shape index (κ2) is 6.56. The third-order valence-corrected chi connectivity index (χ3v) is 5.53. The van der Waals surface area contributed by atoms with Crippen LogP contribution >= 0.6 is 0 Å². The van der Waals surface area contributed by atoms with Gasteiger partial charge in [-0.3, -0.25) is 0 Å². The zero-order chi connectivity index (χ0) is 17.4. The van der Waals surface area contributed by atoms with E-state index in [-0.39, 0.29) is 35.6 Å². The van der Waals surface area contributed by atoms with E-state index in [2.05, 4.69) is 10.5 Å². The number of oxime groups is 1. The fourth-order valence-corrected chi connectivity index (χ4v) is 4.37. The highest BCUT2D eigenvalue weighted by molar-refractivity contribution is 5.91. The number of fused-ring (bicyclic) bond motifs is 2. The number of rotatable bonds is 2. The third kappa shape index (κ3) is 2.93. The molecule has 2 N–H and O–H groups in total. The highest BCUT2D eigenvalue weighted by Crippen LogP contribution is 2.46. The molecule has 0 aromatic heterocycles. The first kappa shape index (κ1) is 16.2. The Labute approximate surface area is 145 Å². The van der Waals surface area contributed by atoms with Gasteiger partial charge in [0.15, 0.2) is 0 Å². The average Bonchev–Trinajstić information content (AvgIpc) is 2.63. The third-order valence-electron chi connectivity index (χ3n) is 5.53. The lowest BCUT2D eigenvalue weighted by Gasteiger charge is -2.46. The van der Waals surface area contributed by atoms with E-state index < -0.39 is 0 Å². The van der Waals surface area contributed by atoms with E-state index >= 15 is 0 Å². The molecule has 2 fully saturated rings. The summed E-state index contributed by atoms with van der Waals surface area (Å²) in [6.45, 7) is 0. The molecule has 1 heterocycles. The summed E-state index contributed by atoms with van der Waals surface area (Å²) in [6, 6.07) is 12.8. The molecule has 2 aromatic carbocycles. The van der Waals surface area contributed by atoms with Crippen molar-refractivity contribution in [2.24, 2.45) is 17.0 Å². The van der Waals surface area contributed by atoms with Crippen LogP contribution in [-0.2, 0) is 0 Å². The second-order valence-corrected chi connectivity index (χ2v) is 6.89. The molecule has 2 unspecified atom stereocenters. The van der Waals surface area contributed by atoms with Gasteiger partial charge >= 0.3 is 0 Å². The number of nitrogens with zero attached hydrogens (tertiary/aromatic N) is 1. The van der Waals surface area contributed by atoms with Crippen molar-refractivity contribution in [3.63, 3.8) is 0 Å². The molecule has 1 saturated carbocycles. The molecule has 25 heavy (non-hydrogen) atoms. The first-order valence-electron chi connectivity index (χ1n) is 8.66. The average molecular weight is 342 g/mol. The second-order valence-electron chi connectivity index (χ2n) is 6.89. The van der Waals surface area contributed by atoms with Crippen LogP contribution in [0.25, 0.3) is 0 Å². The summed E-state index contributed by atoms with van der Waals surface area (Å²) in [7, 11) is 0. The highest BCUT2D eigenvalue weighted by atomic mass is 19.1. The van der Waals surface area contributed by atoms with Crippen molar-refractivity contribution in [3.8, 4) is 0 Å². The van der Waals surface area contributed by atoms with Gasteiger partial charge in [-0.2, -0.15) is 0 Å². The number of hydrogen-bond acceptors (Lipinski definition) is 3. The molecule has 2 aromatic rings. The van der Waals surface area contributed by atoms with Crippen LogP contribution in [0.5, 0.6) is 0 Å². The zero-order valence-electron chi connectivity index (χ0n) is 13.7. The molecule has 1 saturated heterocycles.